The molecule has 2 heterocycles. The number of aromatic nitrogens is 2. The smallest absolute Gasteiger partial charge is 0.259 e. The molecule has 2 aromatic rings. The van der Waals surface area contributed by atoms with Crippen molar-refractivity contribution in [2.75, 3.05) is 0 Å². The van der Waals surface area contributed by atoms with Gasteiger partial charge >= 0.3 is 0 Å². The highest BCUT2D eigenvalue weighted by atomic mass is 32.2. The van der Waals surface area contributed by atoms with E-state index in [1.165, 1.54) is 0 Å². The van der Waals surface area contributed by atoms with Crippen molar-refractivity contribution in [1.29, 1.82) is 0 Å². The Labute approximate surface area is 123 Å². The van der Waals surface area contributed by atoms with E-state index in [-0.39, 0.29) is 17.1 Å². The molecule has 0 fully saturated rings. The molecule has 0 aliphatic carbocycles. The van der Waals surface area contributed by atoms with Gasteiger partial charge in [-0.3, -0.25) is 0 Å². The summed E-state index contributed by atoms with van der Waals surface area (Å²) in [4.78, 5) is 3.97. The van der Waals surface area contributed by atoms with E-state index in [9.17, 15) is 8.42 Å². The van der Waals surface area contributed by atoms with Crippen LogP contribution in [0.15, 0.2) is 34.4 Å². The molecule has 0 saturated carbocycles. The first-order valence-corrected chi connectivity index (χ1v) is 8.88. The third kappa shape index (κ3) is 3.68. The molecule has 0 aromatic carbocycles. The highest BCUT2D eigenvalue weighted by Gasteiger charge is 2.20. The number of imidazole rings is 1. The first-order chi connectivity index (χ1) is 9.38. The molecule has 0 aliphatic heterocycles. The molecule has 1 atom stereocenters. The predicted molar refractivity (Wildman–Crippen MR) is 80.4 cm³/mol. The van der Waals surface area contributed by atoms with Crippen LogP contribution >= 0.6 is 11.3 Å². The van der Waals surface area contributed by atoms with Crippen LogP contribution in [-0.4, -0.2) is 24.0 Å². The maximum Gasteiger partial charge on any atom is 0.259 e. The Morgan fingerprint density at radius 3 is 2.70 bits per heavy atom. The van der Waals surface area contributed by atoms with Crippen molar-refractivity contribution in [2.24, 2.45) is 0 Å². The lowest BCUT2D eigenvalue weighted by Gasteiger charge is -2.12. The minimum absolute atomic E-state index is 0.0726. The second-order valence-electron chi connectivity index (χ2n) is 5.11. The second-order valence-corrected chi connectivity index (χ2v) is 7.55. The number of nitrogens with one attached hydrogen (secondary N) is 1. The minimum atomic E-state index is -3.55. The molecule has 1 N–H and O–H groups in total. The largest absolute Gasteiger partial charge is 0.334 e. The van der Waals surface area contributed by atoms with E-state index in [1.54, 1.807) is 28.4 Å². The van der Waals surface area contributed by atoms with Gasteiger partial charge in [-0.1, -0.05) is 0 Å². The Bertz CT molecular complexity index is 645. The van der Waals surface area contributed by atoms with E-state index in [2.05, 4.69) is 9.71 Å². The molecule has 0 radical (unpaired) electrons. The molecule has 0 aliphatic rings. The highest BCUT2D eigenvalue weighted by Crippen LogP contribution is 2.13. The number of hydrogen-bond donors (Lipinski definition) is 1. The normalized spacial score (nSPS) is 13.8. The van der Waals surface area contributed by atoms with E-state index < -0.39 is 10.0 Å². The Hall–Kier alpha value is -1.18. The predicted octanol–water partition coefficient (Wildman–Crippen LogP) is 2.44. The summed E-state index contributed by atoms with van der Waals surface area (Å²) in [6.45, 7) is 5.81. The summed E-state index contributed by atoms with van der Waals surface area (Å²) in [5.74, 6) is 0. The quantitative estimate of drug-likeness (QED) is 0.891. The van der Waals surface area contributed by atoms with Gasteiger partial charge in [0.05, 0.1) is 6.33 Å². The lowest BCUT2D eigenvalue weighted by atomic mass is 10.1. The minimum Gasteiger partial charge on any atom is -0.334 e. The summed E-state index contributed by atoms with van der Waals surface area (Å²) in [5.41, 5.74) is 1.14. The van der Waals surface area contributed by atoms with E-state index >= 15 is 0 Å². The van der Waals surface area contributed by atoms with Crippen LogP contribution in [0, 0.1) is 0 Å². The monoisotopic (exact) mass is 313 g/mol. The molecule has 20 heavy (non-hydrogen) atoms. The van der Waals surface area contributed by atoms with Crippen molar-refractivity contribution in [3.8, 4) is 0 Å². The summed E-state index contributed by atoms with van der Waals surface area (Å²) in [6.07, 6.45) is 3.78. The molecule has 7 heteroatoms. The van der Waals surface area contributed by atoms with Crippen molar-refractivity contribution in [3.63, 3.8) is 0 Å². The molecular weight excluding hydrogens is 294 g/mol. The SMILES string of the molecule is CC(C)n1cnc(S(=O)(=O)N[C@H](C)Cc2ccsc2)c1. The number of rotatable bonds is 6. The fourth-order valence-corrected chi connectivity index (χ4v) is 3.73. The maximum absolute atomic E-state index is 12.2. The Morgan fingerprint density at radius 1 is 1.40 bits per heavy atom. The van der Waals surface area contributed by atoms with Gasteiger partial charge in [0.1, 0.15) is 0 Å². The van der Waals surface area contributed by atoms with Gasteiger partial charge in [0, 0.05) is 18.3 Å². The summed E-state index contributed by atoms with van der Waals surface area (Å²) in [7, 11) is -3.55. The van der Waals surface area contributed by atoms with Crippen LogP contribution in [0.3, 0.4) is 0 Å². The molecule has 2 rings (SSSR count). The Kier molecular flexibility index (Phi) is 4.62. The first kappa shape index (κ1) is 15.2. The summed E-state index contributed by atoms with van der Waals surface area (Å²) in [6, 6.07) is 2.02. The molecule has 0 amide bonds. The highest BCUT2D eigenvalue weighted by molar-refractivity contribution is 7.89. The maximum atomic E-state index is 12.2. The van der Waals surface area contributed by atoms with Gasteiger partial charge in [-0.05, 0) is 49.6 Å². The van der Waals surface area contributed by atoms with Crippen LogP contribution < -0.4 is 4.72 Å². The number of hydrogen-bond acceptors (Lipinski definition) is 4. The average Bonchev–Trinajstić information content (AvgIpc) is 2.97. The molecule has 5 nitrogen and oxygen atoms in total. The van der Waals surface area contributed by atoms with Crippen molar-refractivity contribution in [1.82, 2.24) is 14.3 Å². The molecule has 0 saturated heterocycles. The zero-order valence-electron chi connectivity index (χ0n) is 11.8. The number of thiophene rings is 1. The lowest BCUT2D eigenvalue weighted by Crippen LogP contribution is -2.34. The fraction of sp³-hybridized carbons (Fsp3) is 0.462. The van der Waals surface area contributed by atoms with Gasteiger partial charge in [-0.25, -0.2) is 18.1 Å². The van der Waals surface area contributed by atoms with Gasteiger partial charge in [-0.2, -0.15) is 11.3 Å². The van der Waals surface area contributed by atoms with Crippen molar-refractivity contribution in [2.45, 2.75) is 44.3 Å². The molecule has 2 aromatic heterocycles. The van der Waals surface area contributed by atoms with Crippen molar-refractivity contribution < 1.29 is 8.42 Å². The average molecular weight is 313 g/mol. The van der Waals surface area contributed by atoms with Gasteiger partial charge in [0.2, 0.25) is 0 Å². The Morgan fingerprint density at radius 2 is 2.15 bits per heavy atom. The third-order valence-electron chi connectivity index (χ3n) is 2.93. The number of nitrogens with zero attached hydrogens (tertiary/aromatic N) is 2. The van der Waals surface area contributed by atoms with E-state index in [1.807, 2.05) is 37.6 Å². The molecule has 110 valence electrons. The van der Waals surface area contributed by atoms with Crippen LogP contribution in [0.2, 0.25) is 0 Å². The Balaban J connectivity index is 2.06. The van der Waals surface area contributed by atoms with Crippen LogP contribution in [0.5, 0.6) is 0 Å². The van der Waals surface area contributed by atoms with E-state index in [0.29, 0.717) is 6.42 Å². The zero-order valence-corrected chi connectivity index (χ0v) is 13.4. The van der Waals surface area contributed by atoms with E-state index in [0.717, 1.165) is 5.56 Å². The van der Waals surface area contributed by atoms with Crippen LogP contribution in [0.4, 0.5) is 0 Å². The molecular formula is C13H19N3O2S2. The summed E-state index contributed by atoms with van der Waals surface area (Å²) >= 11 is 1.61. The molecule has 0 bridgehead atoms. The lowest BCUT2D eigenvalue weighted by molar-refractivity contribution is 0.556. The van der Waals surface area contributed by atoms with Crippen LogP contribution in [-0.2, 0) is 16.4 Å². The fourth-order valence-electron chi connectivity index (χ4n) is 1.87. The van der Waals surface area contributed by atoms with Gasteiger partial charge in [-0.15, -0.1) is 0 Å². The van der Waals surface area contributed by atoms with Gasteiger partial charge in [0.15, 0.2) is 5.03 Å². The standard InChI is InChI=1S/C13H19N3O2S2/c1-10(2)16-7-13(14-9-16)20(17,18)15-11(3)6-12-4-5-19-8-12/h4-5,7-11,15H,6H2,1-3H3/t11-/m1/s1. The van der Waals surface area contributed by atoms with Crippen molar-refractivity contribution >= 4 is 21.4 Å². The van der Waals surface area contributed by atoms with Gasteiger partial charge < -0.3 is 4.57 Å². The third-order valence-corrected chi connectivity index (χ3v) is 5.13. The molecule has 0 unspecified atom stereocenters. The zero-order chi connectivity index (χ0) is 14.8. The topological polar surface area (TPSA) is 64.0 Å². The van der Waals surface area contributed by atoms with E-state index in [4.69, 9.17) is 0 Å². The summed E-state index contributed by atoms with van der Waals surface area (Å²) in [5, 5.41) is 4.09. The molecule has 0 spiro atoms. The van der Waals surface area contributed by atoms with Gasteiger partial charge in [0.25, 0.3) is 10.0 Å². The first-order valence-electron chi connectivity index (χ1n) is 6.45. The second kappa shape index (κ2) is 6.07. The number of sulfonamides is 1. The van der Waals surface area contributed by atoms with Crippen LogP contribution in [0.1, 0.15) is 32.4 Å². The van der Waals surface area contributed by atoms with Crippen LogP contribution in [0.25, 0.3) is 0 Å². The summed E-state index contributed by atoms with van der Waals surface area (Å²) < 4.78 is 28.9. The van der Waals surface area contributed by atoms with Crippen molar-refractivity contribution in [3.05, 3.63) is 34.9 Å².